The number of carbonyl (C=O) groups is 3. The first-order valence-corrected chi connectivity index (χ1v) is 19.1. The van der Waals surface area contributed by atoms with Gasteiger partial charge in [0.05, 0.1) is 16.7 Å². The fraction of sp³-hybridized carbons (Fsp3) is 0.390. The van der Waals surface area contributed by atoms with Crippen LogP contribution in [0.2, 0.25) is 0 Å². The summed E-state index contributed by atoms with van der Waals surface area (Å²) in [5, 5.41) is 3.58. The Labute approximate surface area is 319 Å². The number of halogens is 4. The number of hydrogen-bond acceptors (Lipinski definition) is 8. The van der Waals surface area contributed by atoms with E-state index < -0.39 is 36.0 Å². The second-order valence-electron chi connectivity index (χ2n) is 15.2. The van der Waals surface area contributed by atoms with Gasteiger partial charge in [0, 0.05) is 92.7 Å². The van der Waals surface area contributed by atoms with Gasteiger partial charge in [-0.15, -0.1) is 0 Å². The Morgan fingerprint density at radius 3 is 2.36 bits per heavy atom. The highest BCUT2D eigenvalue weighted by molar-refractivity contribution is 6.09. The number of alkyl halides is 2. The Kier molecular flexibility index (Phi) is 9.34. The highest BCUT2D eigenvalue weighted by Crippen LogP contribution is 2.37. The number of nitrogens with one attached hydrogen (secondary N) is 1. The number of amides is 3. The van der Waals surface area contributed by atoms with Gasteiger partial charge in [0.1, 0.15) is 11.9 Å². The zero-order valence-corrected chi connectivity index (χ0v) is 30.6. The Morgan fingerprint density at radius 1 is 0.804 bits per heavy atom. The average molecular weight is 769 g/mol. The molecule has 4 aliphatic heterocycles. The van der Waals surface area contributed by atoms with Gasteiger partial charge < -0.3 is 14.7 Å². The predicted octanol–water partition coefficient (Wildman–Crippen LogP) is 6.11. The van der Waals surface area contributed by atoms with Crippen LogP contribution in [0.4, 0.5) is 29.1 Å². The standard InChI is InChI=1S/C41H40F4N8O3/c42-31-20-29-27(23-52(40(29)56)34-3-4-37(54)48-39(34)55)19-36(31)50-15-13-49(14-16-50)10-6-24-7-11-51(12-8-24)38-32(43)17-26(21-47-38)25-1-2-28-30-22-46-9-5-33(30)53(41(44)45)35(28)18-25/h1-2,5,9,17-22,24,34,41H,3-4,6-8,10-16,23H2,(H,48,54,55). The molecule has 0 aliphatic carbocycles. The normalized spacial score (nSPS) is 19.8. The second kappa shape index (κ2) is 14.5. The molecule has 15 heteroatoms. The summed E-state index contributed by atoms with van der Waals surface area (Å²) >= 11 is 0. The zero-order valence-electron chi connectivity index (χ0n) is 30.6. The maximum Gasteiger partial charge on any atom is 0.319 e. The molecule has 0 radical (unpaired) electrons. The van der Waals surface area contributed by atoms with E-state index in [1.165, 1.54) is 23.2 Å². The highest BCUT2D eigenvalue weighted by Gasteiger charge is 2.40. The van der Waals surface area contributed by atoms with Crippen molar-refractivity contribution >= 4 is 51.0 Å². The lowest BCUT2D eigenvalue weighted by Crippen LogP contribution is -2.52. The zero-order chi connectivity index (χ0) is 38.7. The number of benzene rings is 2. The molecule has 1 unspecified atom stereocenters. The summed E-state index contributed by atoms with van der Waals surface area (Å²) < 4.78 is 60.1. The average Bonchev–Trinajstić information content (AvgIpc) is 3.70. The fourth-order valence-electron chi connectivity index (χ4n) is 8.93. The van der Waals surface area contributed by atoms with E-state index >= 15 is 8.78 Å². The highest BCUT2D eigenvalue weighted by atomic mass is 19.3. The third-order valence-electron chi connectivity index (χ3n) is 12.0. The number of piperazine rings is 1. The topological polar surface area (TPSA) is 107 Å². The number of piperidine rings is 2. The van der Waals surface area contributed by atoms with Crippen LogP contribution in [-0.2, 0) is 16.1 Å². The van der Waals surface area contributed by atoms with Crippen molar-refractivity contribution in [2.24, 2.45) is 5.92 Å². The van der Waals surface area contributed by atoms with Crippen LogP contribution in [-0.4, -0.2) is 93.9 Å². The van der Waals surface area contributed by atoms with Gasteiger partial charge in [-0.1, -0.05) is 12.1 Å². The van der Waals surface area contributed by atoms with Crippen LogP contribution in [0.5, 0.6) is 0 Å². The number of carbonyl (C=O) groups excluding carboxylic acids is 3. The van der Waals surface area contributed by atoms with E-state index in [0.717, 1.165) is 43.5 Å². The van der Waals surface area contributed by atoms with Crippen LogP contribution < -0.4 is 15.1 Å². The van der Waals surface area contributed by atoms with E-state index in [9.17, 15) is 23.2 Å². The lowest BCUT2D eigenvalue weighted by molar-refractivity contribution is -0.136. The first-order chi connectivity index (χ1) is 27.1. The molecule has 3 saturated heterocycles. The number of imide groups is 1. The van der Waals surface area contributed by atoms with Crippen molar-refractivity contribution < 1.29 is 31.9 Å². The van der Waals surface area contributed by atoms with Gasteiger partial charge in [-0.3, -0.25) is 34.2 Å². The minimum absolute atomic E-state index is 0.161. The van der Waals surface area contributed by atoms with E-state index in [2.05, 4.69) is 20.2 Å². The monoisotopic (exact) mass is 768 g/mol. The van der Waals surface area contributed by atoms with E-state index in [1.807, 2.05) is 9.80 Å². The first-order valence-electron chi connectivity index (χ1n) is 19.1. The lowest BCUT2D eigenvalue weighted by atomic mass is 9.93. The lowest BCUT2D eigenvalue weighted by Gasteiger charge is -2.38. The molecule has 4 aliphatic rings. The van der Waals surface area contributed by atoms with Crippen molar-refractivity contribution in [3.05, 3.63) is 83.8 Å². The number of fused-ring (bicyclic) bond motifs is 4. The van der Waals surface area contributed by atoms with Gasteiger partial charge >= 0.3 is 6.55 Å². The van der Waals surface area contributed by atoms with Crippen molar-refractivity contribution in [3.63, 3.8) is 0 Å². The molecule has 3 fully saturated rings. The Bertz CT molecular complexity index is 2370. The summed E-state index contributed by atoms with van der Waals surface area (Å²) in [5.41, 5.74) is 3.25. The molecule has 0 spiro atoms. The van der Waals surface area contributed by atoms with Crippen LogP contribution in [0.25, 0.3) is 32.9 Å². The summed E-state index contributed by atoms with van der Waals surface area (Å²) in [7, 11) is 0. The number of hydrogen-bond donors (Lipinski definition) is 1. The third kappa shape index (κ3) is 6.50. The van der Waals surface area contributed by atoms with E-state index in [0.29, 0.717) is 82.1 Å². The molecule has 2 aromatic carbocycles. The van der Waals surface area contributed by atoms with Crippen LogP contribution in [0.3, 0.4) is 0 Å². The molecule has 290 valence electrons. The molecule has 5 aromatic rings. The molecular formula is C41H40F4N8O3. The van der Waals surface area contributed by atoms with E-state index in [-0.39, 0.29) is 30.9 Å². The second-order valence-corrected chi connectivity index (χ2v) is 15.2. The quantitative estimate of drug-likeness (QED) is 0.149. The Morgan fingerprint density at radius 2 is 1.61 bits per heavy atom. The molecule has 9 rings (SSSR count). The van der Waals surface area contributed by atoms with Gasteiger partial charge in [-0.2, -0.15) is 8.78 Å². The van der Waals surface area contributed by atoms with Gasteiger partial charge in [-0.05, 0) is 79.6 Å². The molecule has 0 saturated carbocycles. The number of aromatic nitrogens is 3. The van der Waals surface area contributed by atoms with Gasteiger partial charge in [0.15, 0.2) is 11.6 Å². The molecule has 7 heterocycles. The summed E-state index contributed by atoms with van der Waals surface area (Å²) in [5.74, 6) is -1.37. The van der Waals surface area contributed by atoms with Crippen molar-refractivity contribution in [2.75, 3.05) is 55.6 Å². The molecular weight excluding hydrogens is 728 g/mol. The summed E-state index contributed by atoms with van der Waals surface area (Å²) in [6, 6.07) is 10.5. The molecule has 0 bridgehead atoms. The minimum atomic E-state index is -2.75. The maximum atomic E-state index is 15.6. The molecule has 11 nitrogen and oxygen atoms in total. The van der Waals surface area contributed by atoms with Crippen LogP contribution in [0.15, 0.2) is 61.1 Å². The molecule has 3 aromatic heterocycles. The van der Waals surface area contributed by atoms with Crippen molar-refractivity contribution in [3.8, 4) is 11.1 Å². The van der Waals surface area contributed by atoms with Gasteiger partial charge in [0.2, 0.25) is 11.8 Å². The van der Waals surface area contributed by atoms with E-state index in [1.54, 1.807) is 42.7 Å². The van der Waals surface area contributed by atoms with Crippen molar-refractivity contribution in [2.45, 2.75) is 51.2 Å². The molecule has 1 N–H and O–H groups in total. The molecule has 1 atom stereocenters. The van der Waals surface area contributed by atoms with Crippen molar-refractivity contribution in [1.82, 2.24) is 29.7 Å². The van der Waals surface area contributed by atoms with E-state index in [4.69, 9.17) is 0 Å². The van der Waals surface area contributed by atoms with Crippen LogP contribution in [0.1, 0.15) is 54.6 Å². The first kappa shape index (κ1) is 36.1. The number of anilines is 2. The summed E-state index contributed by atoms with van der Waals surface area (Å²) in [6.07, 6.45) is 7.89. The largest absolute Gasteiger partial charge is 0.367 e. The Hall–Kier alpha value is -5.57. The molecule has 3 amide bonds. The number of pyridine rings is 2. The van der Waals surface area contributed by atoms with Crippen LogP contribution in [0, 0.1) is 17.6 Å². The Balaban J connectivity index is 0.772. The van der Waals surface area contributed by atoms with Crippen LogP contribution >= 0.6 is 0 Å². The SMILES string of the molecule is O=C1CCC(N2Cc3cc(N4CCN(CCC5CCN(c6ncc(-c7ccc8c9cnccc9n(C(F)F)c8c7)cc6F)CC5)CC4)c(F)cc3C2=O)C(=O)N1. The number of nitrogens with zero attached hydrogens (tertiary/aromatic N) is 7. The summed E-state index contributed by atoms with van der Waals surface area (Å²) in [6.45, 7) is 2.54. The smallest absolute Gasteiger partial charge is 0.319 e. The van der Waals surface area contributed by atoms with Gasteiger partial charge in [-0.25, -0.2) is 13.8 Å². The minimum Gasteiger partial charge on any atom is -0.367 e. The third-order valence-corrected chi connectivity index (χ3v) is 12.0. The predicted molar refractivity (Wildman–Crippen MR) is 202 cm³/mol. The molecule has 56 heavy (non-hydrogen) atoms. The maximum absolute atomic E-state index is 15.6. The summed E-state index contributed by atoms with van der Waals surface area (Å²) in [4.78, 5) is 53.5. The van der Waals surface area contributed by atoms with Gasteiger partial charge in [0.25, 0.3) is 5.91 Å². The number of rotatable bonds is 8. The van der Waals surface area contributed by atoms with Crippen molar-refractivity contribution in [1.29, 1.82) is 0 Å². The fourth-order valence-corrected chi connectivity index (χ4v) is 8.93.